The topological polar surface area (TPSA) is 111 Å². The number of nitrogens with zero attached hydrogens (tertiary/aromatic N) is 4. The van der Waals surface area contributed by atoms with Crippen LogP contribution in [0.25, 0.3) is 5.82 Å². The predicted octanol–water partition coefficient (Wildman–Crippen LogP) is 0.930. The number of hydrogen-bond donors (Lipinski definition) is 3. The van der Waals surface area contributed by atoms with Crippen molar-refractivity contribution < 1.29 is 4.79 Å². The SMILES string of the molecule is Nc1c(NNC(=O)Cc2ccccc2)ncnc1-n1ccnc1. The summed E-state index contributed by atoms with van der Waals surface area (Å²) in [4.78, 5) is 24.0. The normalized spacial score (nSPS) is 10.3. The number of amides is 1. The van der Waals surface area contributed by atoms with Gasteiger partial charge in [-0.15, -0.1) is 0 Å². The monoisotopic (exact) mass is 309 g/mol. The Morgan fingerprint density at radius 3 is 2.78 bits per heavy atom. The smallest absolute Gasteiger partial charge is 0.242 e. The van der Waals surface area contributed by atoms with Crippen LogP contribution >= 0.6 is 0 Å². The largest absolute Gasteiger partial charge is 0.393 e. The number of hydrazine groups is 1. The van der Waals surface area contributed by atoms with Gasteiger partial charge in [0.15, 0.2) is 11.6 Å². The first kappa shape index (κ1) is 14.5. The third-order valence-electron chi connectivity index (χ3n) is 3.14. The molecule has 0 fully saturated rings. The van der Waals surface area contributed by atoms with Gasteiger partial charge in [-0.1, -0.05) is 30.3 Å². The van der Waals surface area contributed by atoms with Gasteiger partial charge in [-0.2, -0.15) is 0 Å². The standard InChI is InChI=1S/C15H15N7O/c16-13-14(18-9-19-15(13)22-7-6-17-10-22)21-20-12(23)8-11-4-2-1-3-5-11/h1-7,9-10H,8,16H2,(H,20,23)(H,18,19,21). The van der Waals surface area contributed by atoms with Crippen LogP contribution in [0.5, 0.6) is 0 Å². The highest BCUT2D eigenvalue weighted by molar-refractivity contribution is 5.81. The van der Waals surface area contributed by atoms with Gasteiger partial charge in [-0.3, -0.25) is 20.2 Å². The fourth-order valence-electron chi connectivity index (χ4n) is 2.03. The number of anilines is 2. The summed E-state index contributed by atoms with van der Waals surface area (Å²) in [6.07, 6.45) is 6.54. The second-order valence-electron chi connectivity index (χ2n) is 4.77. The van der Waals surface area contributed by atoms with E-state index in [1.54, 1.807) is 23.3 Å². The number of rotatable bonds is 5. The Morgan fingerprint density at radius 2 is 2.04 bits per heavy atom. The van der Waals surface area contributed by atoms with Crippen molar-refractivity contribution in [1.82, 2.24) is 24.9 Å². The van der Waals surface area contributed by atoms with Crippen LogP contribution in [0.1, 0.15) is 5.56 Å². The molecule has 4 N–H and O–H groups in total. The van der Waals surface area contributed by atoms with Crippen molar-refractivity contribution in [3.05, 3.63) is 60.9 Å². The number of nitrogens with two attached hydrogens (primary N) is 1. The van der Waals surface area contributed by atoms with Crippen LogP contribution in [0.2, 0.25) is 0 Å². The van der Waals surface area contributed by atoms with Gasteiger partial charge in [-0.25, -0.2) is 15.0 Å². The molecule has 0 aliphatic carbocycles. The van der Waals surface area contributed by atoms with Crippen molar-refractivity contribution in [2.75, 3.05) is 11.2 Å². The van der Waals surface area contributed by atoms with Crippen molar-refractivity contribution in [3.63, 3.8) is 0 Å². The van der Waals surface area contributed by atoms with E-state index < -0.39 is 0 Å². The molecule has 0 bridgehead atoms. The molecule has 0 atom stereocenters. The van der Waals surface area contributed by atoms with E-state index in [2.05, 4.69) is 25.8 Å². The molecule has 0 saturated carbocycles. The molecule has 0 radical (unpaired) electrons. The summed E-state index contributed by atoms with van der Waals surface area (Å²) in [5, 5.41) is 0. The summed E-state index contributed by atoms with van der Waals surface area (Å²) in [5.41, 5.74) is 12.6. The van der Waals surface area contributed by atoms with Gasteiger partial charge in [0.1, 0.15) is 18.3 Å². The van der Waals surface area contributed by atoms with Crippen LogP contribution in [-0.2, 0) is 11.2 Å². The second kappa shape index (κ2) is 6.56. The van der Waals surface area contributed by atoms with Crippen molar-refractivity contribution in [2.24, 2.45) is 0 Å². The van der Waals surface area contributed by atoms with E-state index in [4.69, 9.17) is 5.73 Å². The lowest BCUT2D eigenvalue weighted by molar-refractivity contribution is -0.119. The van der Waals surface area contributed by atoms with E-state index in [-0.39, 0.29) is 12.3 Å². The minimum absolute atomic E-state index is 0.196. The molecule has 0 unspecified atom stereocenters. The van der Waals surface area contributed by atoms with E-state index in [9.17, 15) is 4.79 Å². The fraction of sp³-hybridized carbons (Fsp3) is 0.0667. The minimum atomic E-state index is -0.196. The zero-order chi connectivity index (χ0) is 16.1. The van der Waals surface area contributed by atoms with Gasteiger partial charge in [0.05, 0.1) is 6.42 Å². The summed E-state index contributed by atoms with van der Waals surface area (Å²) in [6.45, 7) is 0. The summed E-state index contributed by atoms with van der Waals surface area (Å²) in [7, 11) is 0. The zero-order valence-electron chi connectivity index (χ0n) is 12.2. The van der Waals surface area contributed by atoms with Crippen molar-refractivity contribution in [2.45, 2.75) is 6.42 Å². The molecule has 1 aromatic carbocycles. The van der Waals surface area contributed by atoms with Crippen LogP contribution in [0, 0.1) is 0 Å². The molecule has 23 heavy (non-hydrogen) atoms. The lowest BCUT2D eigenvalue weighted by atomic mass is 10.1. The molecule has 1 amide bonds. The highest BCUT2D eigenvalue weighted by Crippen LogP contribution is 2.20. The van der Waals surface area contributed by atoms with Gasteiger partial charge in [0, 0.05) is 12.4 Å². The van der Waals surface area contributed by atoms with Gasteiger partial charge in [0.25, 0.3) is 0 Å². The molecule has 3 aromatic rings. The molecule has 0 aliphatic rings. The molecule has 0 spiro atoms. The molecule has 0 saturated heterocycles. The molecule has 8 heteroatoms. The number of nitrogen functional groups attached to an aromatic ring is 1. The van der Waals surface area contributed by atoms with Gasteiger partial charge in [0.2, 0.25) is 5.91 Å². The Kier molecular flexibility index (Phi) is 4.14. The van der Waals surface area contributed by atoms with E-state index >= 15 is 0 Å². The molecule has 8 nitrogen and oxygen atoms in total. The zero-order valence-corrected chi connectivity index (χ0v) is 12.2. The highest BCUT2D eigenvalue weighted by Gasteiger charge is 2.10. The molecular weight excluding hydrogens is 294 g/mol. The lowest BCUT2D eigenvalue weighted by Crippen LogP contribution is -2.31. The van der Waals surface area contributed by atoms with Crippen LogP contribution in [0.15, 0.2) is 55.4 Å². The second-order valence-corrected chi connectivity index (χ2v) is 4.77. The maximum Gasteiger partial charge on any atom is 0.242 e. The first-order chi connectivity index (χ1) is 11.2. The van der Waals surface area contributed by atoms with Crippen molar-refractivity contribution in [3.8, 4) is 5.82 Å². The summed E-state index contributed by atoms with van der Waals surface area (Å²) in [5.74, 6) is 0.612. The molecule has 3 rings (SSSR count). The predicted molar refractivity (Wildman–Crippen MR) is 85.5 cm³/mol. The Labute approximate surface area is 132 Å². The Morgan fingerprint density at radius 1 is 1.22 bits per heavy atom. The first-order valence-corrected chi connectivity index (χ1v) is 6.91. The quantitative estimate of drug-likeness (QED) is 0.605. The van der Waals surface area contributed by atoms with Gasteiger partial charge < -0.3 is 5.73 Å². The van der Waals surface area contributed by atoms with Crippen molar-refractivity contribution >= 4 is 17.4 Å². The Bertz CT molecular complexity index is 787. The number of aromatic nitrogens is 4. The summed E-state index contributed by atoms with van der Waals surface area (Å²) in [6, 6.07) is 9.44. The highest BCUT2D eigenvalue weighted by atomic mass is 16.2. The number of imidazole rings is 1. The first-order valence-electron chi connectivity index (χ1n) is 6.91. The Hall–Kier alpha value is -3.42. The number of nitrogens with one attached hydrogen (secondary N) is 2. The van der Waals surface area contributed by atoms with Crippen LogP contribution in [0.4, 0.5) is 11.5 Å². The molecule has 2 heterocycles. The summed E-state index contributed by atoms with van der Waals surface area (Å²) >= 11 is 0. The third-order valence-corrected chi connectivity index (χ3v) is 3.14. The van der Waals surface area contributed by atoms with E-state index in [1.165, 1.54) is 6.33 Å². The number of carbonyl (C=O) groups excluding carboxylic acids is 1. The minimum Gasteiger partial charge on any atom is -0.393 e. The molecular formula is C15H15N7O. The number of hydrogen-bond acceptors (Lipinski definition) is 6. The molecule has 116 valence electrons. The van der Waals surface area contributed by atoms with Gasteiger partial charge >= 0.3 is 0 Å². The lowest BCUT2D eigenvalue weighted by Gasteiger charge is -2.12. The van der Waals surface area contributed by atoms with Gasteiger partial charge in [-0.05, 0) is 5.56 Å². The van der Waals surface area contributed by atoms with Crippen molar-refractivity contribution in [1.29, 1.82) is 0 Å². The Balaban J connectivity index is 1.67. The van der Waals surface area contributed by atoms with Crippen LogP contribution in [0.3, 0.4) is 0 Å². The van der Waals surface area contributed by atoms with E-state index in [1.807, 2.05) is 30.3 Å². The molecule has 2 aromatic heterocycles. The number of carbonyl (C=O) groups is 1. The van der Waals surface area contributed by atoms with E-state index in [0.717, 1.165) is 5.56 Å². The maximum atomic E-state index is 11.9. The molecule has 0 aliphatic heterocycles. The third kappa shape index (κ3) is 3.43. The van der Waals surface area contributed by atoms with Crippen LogP contribution < -0.4 is 16.6 Å². The van der Waals surface area contributed by atoms with E-state index in [0.29, 0.717) is 17.3 Å². The number of benzene rings is 1. The van der Waals surface area contributed by atoms with Crippen LogP contribution in [-0.4, -0.2) is 25.4 Å². The average Bonchev–Trinajstić information content (AvgIpc) is 3.09. The maximum absolute atomic E-state index is 11.9. The average molecular weight is 309 g/mol. The fourth-order valence-corrected chi connectivity index (χ4v) is 2.03. The summed E-state index contributed by atoms with van der Waals surface area (Å²) < 4.78 is 1.66.